The van der Waals surface area contributed by atoms with Crippen LogP contribution in [0.5, 0.6) is 0 Å². The summed E-state index contributed by atoms with van der Waals surface area (Å²) >= 11 is 0. The van der Waals surface area contributed by atoms with Crippen LogP contribution in [0.4, 0.5) is 20.3 Å². The molecule has 0 spiro atoms. The van der Waals surface area contributed by atoms with Crippen LogP contribution in [-0.2, 0) is 48.1 Å². The van der Waals surface area contributed by atoms with Crippen molar-refractivity contribution in [2.24, 2.45) is 11.7 Å². The third kappa shape index (κ3) is 9.33. The first-order chi connectivity index (χ1) is 32.7. The van der Waals surface area contributed by atoms with E-state index in [9.17, 15) is 32.8 Å². The van der Waals surface area contributed by atoms with Gasteiger partial charge in [-0.1, -0.05) is 13.0 Å². The number of piperazine rings is 1. The molecule has 4 unspecified atom stereocenters. The molecule has 7 heterocycles. The maximum absolute atomic E-state index is 14.9. The molecule has 5 amide bonds. The molecule has 4 atom stereocenters. The third-order valence-electron chi connectivity index (χ3n) is 14.8. The summed E-state index contributed by atoms with van der Waals surface area (Å²) in [4.78, 5) is 74.2. The molecule has 0 bridgehead atoms. The smallest absolute Gasteiger partial charge is 0.265 e. The summed E-state index contributed by atoms with van der Waals surface area (Å²) in [6.45, 7) is 13.3. The van der Waals surface area contributed by atoms with Crippen molar-refractivity contribution >= 4 is 46.6 Å². The molecule has 1 aromatic heterocycles. The summed E-state index contributed by atoms with van der Waals surface area (Å²) in [7, 11) is 1.74. The first-order valence-corrected chi connectivity index (χ1v) is 24.4. The molecule has 6 aliphatic heterocycles. The average molecular weight is 942 g/mol. The summed E-state index contributed by atoms with van der Waals surface area (Å²) in [5.41, 5.74) is 11.7. The first kappa shape index (κ1) is 47.6. The Morgan fingerprint density at radius 1 is 1.01 bits per heavy atom. The lowest BCUT2D eigenvalue weighted by molar-refractivity contribution is -0.149. The van der Waals surface area contributed by atoms with Crippen molar-refractivity contribution in [3.05, 3.63) is 69.3 Å². The molecular formula is C49H65F2N11O6. The number of nitrogens with two attached hydrogens (primary N) is 1. The number of ether oxygens (including phenoxy) is 1. The Kier molecular flexibility index (Phi) is 13.9. The number of allylic oxidation sites excluding steroid dienone is 2. The number of carbonyl (C=O) groups excluding carboxylic acids is 5. The van der Waals surface area contributed by atoms with Crippen LogP contribution in [0.25, 0.3) is 5.57 Å². The standard InChI is InChI=1S/C49H65F2N11O6/c1-28-20-36-44(49(67)61(48(36)66)40-7-8-43(64)55-47(40)65)42(21-28)68-27-32-25-58(17-12-54-32)19-18-57-14-9-33(10-15-57)62-39-11-16-59(30(3)63)26-38(39)46(56-62)60-13-5-6-31-22-34(37(24-53-4)29(2)52)35(45(50)51)23-41(31)60/h20,22-24,28-29,32-33,40,45,53-54H,5-19,21,25-27,52H2,1-4H3,(H,55,64,65). The molecule has 68 heavy (non-hydrogen) atoms. The van der Waals surface area contributed by atoms with E-state index in [4.69, 9.17) is 15.6 Å². The highest BCUT2D eigenvalue weighted by atomic mass is 19.3. The number of rotatable bonds is 13. The molecule has 4 saturated heterocycles. The zero-order chi connectivity index (χ0) is 48.0. The van der Waals surface area contributed by atoms with Gasteiger partial charge in [0.2, 0.25) is 17.7 Å². The molecule has 5 N–H and O–H groups in total. The van der Waals surface area contributed by atoms with E-state index in [1.807, 2.05) is 17.9 Å². The van der Waals surface area contributed by atoms with Crippen LogP contribution in [0.15, 0.2) is 41.3 Å². The highest BCUT2D eigenvalue weighted by Crippen LogP contribution is 2.44. The molecule has 17 nitrogen and oxygen atoms in total. The zero-order valence-electron chi connectivity index (χ0n) is 39.6. The predicted molar refractivity (Wildman–Crippen MR) is 250 cm³/mol. The molecule has 4 fully saturated rings. The molecule has 9 rings (SSSR count). The number of halogens is 2. The zero-order valence-corrected chi connectivity index (χ0v) is 39.6. The maximum Gasteiger partial charge on any atom is 0.265 e. The van der Waals surface area contributed by atoms with Gasteiger partial charge in [-0.15, -0.1) is 0 Å². The molecule has 0 saturated carbocycles. The van der Waals surface area contributed by atoms with Gasteiger partial charge in [0, 0.05) is 127 Å². The molecule has 2 aromatic rings. The van der Waals surface area contributed by atoms with Gasteiger partial charge in [0.25, 0.3) is 18.2 Å². The average Bonchev–Trinajstić information content (AvgIpc) is 3.82. The van der Waals surface area contributed by atoms with Gasteiger partial charge in [0.1, 0.15) is 18.4 Å². The van der Waals surface area contributed by atoms with Gasteiger partial charge in [-0.3, -0.25) is 43.8 Å². The van der Waals surface area contributed by atoms with E-state index in [0.717, 1.165) is 105 Å². The van der Waals surface area contributed by atoms with E-state index < -0.39 is 42.1 Å². The second-order valence-corrected chi connectivity index (χ2v) is 19.5. The number of piperidine rings is 2. The van der Waals surface area contributed by atoms with Gasteiger partial charge < -0.3 is 35.8 Å². The van der Waals surface area contributed by atoms with E-state index in [-0.39, 0.29) is 53.5 Å². The van der Waals surface area contributed by atoms with E-state index >= 15 is 0 Å². The van der Waals surface area contributed by atoms with Crippen molar-refractivity contribution in [3.63, 3.8) is 0 Å². The monoisotopic (exact) mass is 942 g/mol. The SMILES string of the molecule is CNC=C(c1cc2c(cc1C(F)F)N(c1nn(C3CCN(CCN4CCNC(COC5=C6C(=O)N(C7CCC(=O)NC7=O)C(=O)C6=CC(C)C5)C4)CC3)c3c1CN(C(C)=O)CC3)CCC2)C(C)N. The summed E-state index contributed by atoms with van der Waals surface area (Å²) in [6.07, 6.45) is 5.46. The fraction of sp³-hybridized carbons (Fsp3) is 0.592. The molecule has 1 aromatic carbocycles. The van der Waals surface area contributed by atoms with Crippen molar-refractivity contribution in [1.29, 1.82) is 0 Å². The lowest BCUT2D eigenvalue weighted by atomic mass is 9.89. The number of likely N-dealkylation sites (tertiary alicyclic amines) is 2. The third-order valence-corrected chi connectivity index (χ3v) is 14.8. The second-order valence-electron chi connectivity index (χ2n) is 19.5. The number of amides is 5. The first-order valence-electron chi connectivity index (χ1n) is 24.4. The molecule has 7 aliphatic rings. The number of aryl methyl sites for hydroxylation is 1. The Morgan fingerprint density at radius 2 is 1.79 bits per heavy atom. The second kappa shape index (κ2) is 19.8. The Balaban J connectivity index is 0.843. The minimum absolute atomic E-state index is 0.000486. The van der Waals surface area contributed by atoms with Gasteiger partial charge in [-0.05, 0) is 73.8 Å². The molecular weight excluding hydrogens is 877 g/mol. The number of carbonyl (C=O) groups is 5. The molecule has 19 heteroatoms. The van der Waals surface area contributed by atoms with E-state index in [0.29, 0.717) is 56.0 Å². The topological polar surface area (TPSA) is 191 Å². The number of benzene rings is 1. The van der Waals surface area contributed by atoms with E-state index in [1.54, 1.807) is 39.2 Å². The van der Waals surface area contributed by atoms with E-state index in [2.05, 4.69) is 35.3 Å². The quantitative estimate of drug-likeness (QED) is 0.215. The van der Waals surface area contributed by atoms with Crippen LogP contribution in [0.2, 0.25) is 0 Å². The lowest BCUT2D eigenvalue weighted by Gasteiger charge is -2.37. The number of hydrogen-bond acceptors (Lipinski definition) is 13. The minimum atomic E-state index is -2.71. The fourth-order valence-electron chi connectivity index (χ4n) is 11.3. The van der Waals surface area contributed by atoms with Gasteiger partial charge in [0.05, 0.1) is 29.8 Å². The van der Waals surface area contributed by atoms with Crippen molar-refractivity contribution < 1.29 is 37.5 Å². The van der Waals surface area contributed by atoms with Gasteiger partial charge >= 0.3 is 0 Å². The van der Waals surface area contributed by atoms with Crippen molar-refractivity contribution in [3.8, 4) is 0 Å². The van der Waals surface area contributed by atoms with Crippen LogP contribution in [0.3, 0.4) is 0 Å². The van der Waals surface area contributed by atoms with Crippen LogP contribution in [0, 0.1) is 5.92 Å². The number of alkyl halides is 2. The predicted octanol–water partition coefficient (Wildman–Crippen LogP) is 3.04. The number of fused-ring (bicyclic) bond motifs is 3. The Morgan fingerprint density at radius 3 is 2.51 bits per heavy atom. The number of anilines is 2. The van der Waals surface area contributed by atoms with Gasteiger partial charge in [-0.2, -0.15) is 5.10 Å². The number of nitrogens with zero attached hydrogens (tertiary/aromatic N) is 7. The molecule has 1 aliphatic carbocycles. The van der Waals surface area contributed by atoms with Crippen molar-refractivity contribution in [1.82, 2.24) is 45.3 Å². The maximum atomic E-state index is 14.9. The summed E-state index contributed by atoms with van der Waals surface area (Å²) in [5, 5.41) is 14.1. The number of imide groups is 2. The van der Waals surface area contributed by atoms with Crippen molar-refractivity contribution in [2.75, 3.05) is 77.5 Å². The van der Waals surface area contributed by atoms with Crippen LogP contribution < -0.4 is 26.6 Å². The molecule has 366 valence electrons. The van der Waals surface area contributed by atoms with Crippen LogP contribution >= 0.6 is 0 Å². The van der Waals surface area contributed by atoms with Gasteiger partial charge in [0.15, 0.2) is 5.82 Å². The minimum Gasteiger partial charge on any atom is -0.495 e. The van der Waals surface area contributed by atoms with Crippen LogP contribution in [0.1, 0.15) is 99.7 Å². The Labute approximate surface area is 396 Å². The summed E-state index contributed by atoms with van der Waals surface area (Å²) in [6, 6.07) is 2.20. The number of nitrogens with one attached hydrogen (secondary N) is 3. The normalized spacial score (nSPS) is 24.8. The lowest BCUT2D eigenvalue weighted by Crippen LogP contribution is -2.54. The highest BCUT2D eigenvalue weighted by molar-refractivity contribution is 6.26. The van der Waals surface area contributed by atoms with E-state index in [1.165, 1.54) is 0 Å². The Bertz CT molecular complexity index is 2440. The summed E-state index contributed by atoms with van der Waals surface area (Å²) in [5.74, 6) is -0.929. The fourth-order valence-corrected chi connectivity index (χ4v) is 11.3. The number of hydrogen-bond donors (Lipinski definition) is 4. The van der Waals surface area contributed by atoms with Crippen LogP contribution in [-0.4, -0.2) is 150 Å². The highest BCUT2D eigenvalue weighted by Gasteiger charge is 2.49. The van der Waals surface area contributed by atoms with Gasteiger partial charge in [-0.25, -0.2) is 8.78 Å². The largest absolute Gasteiger partial charge is 0.495 e. The van der Waals surface area contributed by atoms with Crippen molar-refractivity contribution in [2.45, 2.75) is 109 Å². The Hall–Kier alpha value is -5.50. The number of aromatic nitrogens is 2. The summed E-state index contributed by atoms with van der Waals surface area (Å²) < 4.78 is 38.3. The molecule has 0 radical (unpaired) electrons.